The third kappa shape index (κ3) is 5.10. The summed E-state index contributed by atoms with van der Waals surface area (Å²) >= 11 is 0. The molecule has 1 unspecified atom stereocenters. The molecule has 6 heteroatoms. The fourth-order valence-corrected chi connectivity index (χ4v) is 3.26. The number of hydrogen-bond donors (Lipinski definition) is 2. The highest BCUT2D eigenvalue weighted by atomic mass is 16.5. The van der Waals surface area contributed by atoms with Gasteiger partial charge in [0.1, 0.15) is 5.75 Å². The van der Waals surface area contributed by atoms with Crippen LogP contribution in [0.4, 0.5) is 11.6 Å². The second kappa shape index (κ2) is 9.75. The van der Waals surface area contributed by atoms with Crippen LogP contribution in [0, 0.1) is 0 Å². The zero-order valence-corrected chi connectivity index (χ0v) is 17.9. The van der Waals surface area contributed by atoms with Gasteiger partial charge in [-0.1, -0.05) is 42.5 Å². The monoisotopic (exact) mass is 424 g/mol. The topological polar surface area (TPSA) is 76.1 Å². The molecule has 1 amide bonds. The van der Waals surface area contributed by atoms with Crippen LogP contribution in [0.3, 0.4) is 0 Å². The fraction of sp³-hybridized carbons (Fsp3) is 0.115. The highest BCUT2D eigenvalue weighted by Gasteiger charge is 2.11. The van der Waals surface area contributed by atoms with Gasteiger partial charge in [0, 0.05) is 29.2 Å². The normalized spacial score (nSPS) is 11.4. The molecule has 4 rings (SSSR count). The van der Waals surface area contributed by atoms with E-state index in [0.717, 1.165) is 28.1 Å². The second-order valence-corrected chi connectivity index (χ2v) is 7.33. The number of hydrogen-bond acceptors (Lipinski definition) is 5. The first-order chi connectivity index (χ1) is 15.6. The molecule has 6 nitrogen and oxygen atoms in total. The molecular weight excluding hydrogens is 400 g/mol. The summed E-state index contributed by atoms with van der Waals surface area (Å²) < 4.78 is 5.19. The van der Waals surface area contributed by atoms with Gasteiger partial charge < -0.3 is 15.4 Å². The Morgan fingerprint density at radius 2 is 1.50 bits per heavy atom. The highest BCUT2D eigenvalue weighted by molar-refractivity contribution is 5.94. The van der Waals surface area contributed by atoms with E-state index in [-0.39, 0.29) is 11.9 Å². The summed E-state index contributed by atoms with van der Waals surface area (Å²) in [6, 6.07) is 24.8. The Labute approximate surface area is 187 Å². The molecule has 0 saturated carbocycles. The molecule has 0 spiro atoms. The molecule has 1 atom stereocenters. The van der Waals surface area contributed by atoms with Crippen molar-refractivity contribution >= 4 is 17.5 Å². The molecule has 3 aromatic carbocycles. The number of ether oxygens (including phenoxy) is 1. The van der Waals surface area contributed by atoms with E-state index in [1.165, 1.54) is 0 Å². The van der Waals surface area contributed by atoms with E-state index in [4.69, 9.17) is 4.74 Å². The molecule has 0 radical (unpaired) electrons. The summed E-state index contributed by atoms with van der Waals surface area (Å²) in [5.41, 5.74) is 4.38. The van der Waals surface area contributed by atoms with Gasteiger partial charge >= 0.3 is 0 Å². The van der Waals surface area contributed by atoms with Gasteiger partial charge in [-0.3, -0.25) is 4.79 Å². The van der Waals surface area contributed by atoms with Gasteiger partial charge in [0.15, 0.2) is 0 Å². The van der Waals surface area contributed by atoms with Crippen LogP contribution in [0.15, 0.2) is 91.3 Å². The number of anilines is 2. The third-order valence-electron chi connectivity index (χ3n) is 5.13. The van der Waals surface area contributed by atoms with Crippen molar-refractivity contribution < 1.29 is 9.53 Å². The third-order valence-corrected chi connectivity index (χ3v) is 5.13. The zero-order chi connectivity index (χ0) is 22.3. The predicted octanol–water partition coefficient (Wildman–Crippen LogP) is 5.39. The SMILES string of the molecule is COc1ccc(-c2cnc(Nc3ccc(C(=O)NC(C)c4ccccc4)cc3)nc2)cc1. The number of amides is 1. The number of nitrogens with one attached hydrogen (secondary N) is 2. The lowest BCUT2D eigenvalue weighted by Crippen LogP contribution is -2.26. The minimum Gasteiger partial charge on any atom is -0.497 e. The molecule has 0 aliphatic rings. The van der Waals surface area contributed by atoms with Crippen molar-refractivity contribution in [2.24, 2.45) is 0 Å². The number of carbonyl (C=O) groups is 1. The van der Waals surface area contributed by atoms with E-state index in [1.54, 1.807) is 31.6 Å². The zero-order valence-electron chi connectivity index (χ0n) is 17.9. The van der Waals surface area contributed by atoms with Crippen LogP contribution in [0.5, 0.6) is 5.75 Å². The van der Waals surface area contributed by atoms with Crippen molar-refractivity contribution in [2.45, 2.75) is 13.0 Å². The second-order valence-electron chi connectivity index (χ2n) is 7.33. The maximum absolute atomic E-state index is 12.5. The maximum atomic E-state index is 12.5. The summed E-state index contributed by atoms with van der Waals surface area (Å²) in [6.07, 6.45) is 3.54. The Morgan fingerprint density at radius 1 is 0.844 bits per heavy atom. The average Bonchev–Trinajstić information content (AvgIpc) is 2.85. The minimum absolute atomic E-state index is 0.0703. The van der Waals surface area contributed by atoms with E-state index in [2.05, 4.69) is 20.6 Å². The van der Waals surface area contributed by atoms with Crippen LogP contribution >= 0.6 is 0 Å². The number of carbonyl (C=O) groups excluding carboxylic acids is 1. The van der Waals surface area contributed by atoms with Gasteiger partial charge in [-0.2, -0.15) is 0 Å². The molecule has 0 bridgehead atoms. The Balaban J connectivity index is 1.37. The number of aromatic nitrogens is 2. The molecule has 0 aliphatic heterocycles. The lowest BCUT2D eigenvalue weighted by Gasteiger charge is -2.14. The van der Waals surface area contributed by atoms with Gasteiger partial charge in [0.25, 0.3) is 5.91 Å². The molecule has 4 aromatic rings. The lowest BCUT2D eigenvalue weighted by molar-refractivity contribution is 0.0940. The summed E-state index contributed by atoms with van der Waals surface area (Å²) in [5.74, 6) is 1.17. The summed E-state index contributed by atoms with van der Waals surface area (Å²) in [7, 11) is 1.64. The van der Waals surface area contributed by atoms with Crippen molar-refractivity contribution in [3.63, 3.8) is 0 Å². The van der Waals surface area contributed by atoms with E-state index >= 15 is 0 Å². The highest BCUT2D eigenvalue weighted by Crippen LogP contribution is 2.22. The predicted molar refractivity (Wildman–Crippen MR) is 126 cm³/mol. The van der Waals surface area contributed by atoms with Gasteiger partial charge in [0.2, 0.25) is 5.95 Å². The van der Waals surface area contributed by atoms with Crippen molar-refractivity contribution in [1.29, 1.82) is 0 Å². The molecule has 0 fully saturated rings. The van der Waals surface area contributed by atoms with Crippen molar-refractivity contribution in [3.05, 3.63) is 102 Å². The van der Waals surface area contributed by atoms with Crippen LogP contribution in [0.2, 0.25) is 0 Å². The average molecular weight is 425 g/mol. The maximum Gasteiger partial charge on any atom is 0.251 e. The Bertz CT molecular complexity index is 1160. The van der Waals surface area contributed by atoms with Gasteiger partial charge in [0.05, 0.1) is 13.2 Å². The van der Waals surface area contributed by atoms with Crippen molar-refractivity contribution in [2.75, 3.05) is 12.4 Å². The van der Waals surface area contributed by atoms with Crippen LogP contribution in [0.25, 0.3) is 11.1 Å². The molecule has 160 valence electrons. The number of methoxy groups -OCH3 is 1. The van der Waals surface area contributed by atoms with E-state index in [9.17, 15) is 4.79 Å². The molecular formula is C26H24N4O2. The van der Waals surface area contributed by atoms with Gasteiger partial charge in [-0.25, -0.2) is 9.97 Å². The lowest BCUT2D eigenvalue weighted by atomic mass is 10.1. The van der Waals surface area contributed by atoms with E-state index < -0.39 is 0 Å². The quantitative estimate of drug-likeness (QED) is 0.416. The van der Waals surface area contributed by atoms with Crippen LogP contribution < -0.4 is 15.4 Å². The number of benzene rings is 3. The summed E-state index contributed by atoms with van der Waals surface area (Å²) in [6.45, 7) is 1.97. The molecule has 0 aliphatic carbocycles. The standard InChI is InChI=1S/C26H24N4O2/c1-18(19-6-4-3-5-7-19)29-25(31)21-8-12-23(13-9-21)30-26-27-16-22(17-28-26)20-10-14-24(32-2)15-11-20/h3-18H,1-2H3,(H,29,31)(H,27,28,30). The fourth-order valence-electron chi connectivity index (χ4n) is 3.26. The van der Waals surface area contributed by atoms with Gasteiger partial charge in [-0.05, 0) is 54.4 Å². The van der Waals surface area contributed by atoms with Crippen molar-refractivity contribution in [3.8, 4) is 16.9 Å². The first kappa shape index (κ1) is 21.1. The number of nitrogens with zero attached hydrogens (tertiary/aromatic N) is 2. The minimum atomic E-state index is -0.118. The van der Waals surface area contributed by atoms with Gasteiger partial charge in [-0.15, -0.1) is 0 Å². The largest absolute Gasteiger partial charge is 0.497 e. The molecule has 2 N–H and O–H groups in total. The van der Waals surface area contributed by atoms with Crippen molar-refractivity contribution in [1.82, 2.24) is 15.3 Å². The molecule has 0 saturated heterocycles. The van der Waals surface area contributed by atoms with Crippen LogP contribution in [0.1, 0.15) is 28.9 Å². The summed E-state index contributed by atoms with van der Waals surface area (Å²) in [4.78, 5) is 21.3. The van der Waals surface area contributed by atoms with Crippen LogP contribution in [-0.2, 0) is 0 Å². The van der Waals surface area contributed by atoms with E-state index in [1.807, 2.05) is 73.7 Å². The molecule has 1 aromatic heterocycles. The van der Waals surface area contributed by atoms with Crippen LogP contribution in [-0.4, -0.2) is 23.0 Å². The Morgan fingerprint density at radius 3 is 2.12 bits per heavy atom. The first-order valence-corrected chi connectivity index (χ1v) is 10.3. The summed E-state index contributed by atoms with van der Waals surface area (Å²) in [5, 5.41) is 6.18. The molecule has 32 heavy (non-hydrogen) atoms. The first-order valence-electron chi connectivity index (χ1n) is 10.3. The number of rotatable bonds is 7. The molecule has 1 heterocycles. The Hall–Kier alpha value is -4.19. The van der Waals surface area contributed by atoms with E-state index in [0.29, 0.717) is 11.5 Å². The smallest absolute Gasteiger partial charge is 0.251 e. The Kier molecular flexibility index (Phi) is 6.41.